The van der Waals surface area contributed by atoms with Crippen LogP contribution >= 0.6 is 0 Å². The molecule has 0 aliphatic carbocycles. The Labute approximate surface area is 139 Å². The van der Waals surface area contributed by atoms with Crippen LogP contribution in [0.25, 0.3) is 5.70 Å². The van der Waals surface area contributed by atoms with Gasteiger partial charge in [-0.15, -0.1) is 0 Å². The molecular weight excluding hydrogens is 280 g/mol. The van der Waals surface area contributed by atoms with E-state index in [0.717, 1.165) is 29.1 Å². The number of nitrogens with zero attached hydrogens (tertiary/aromatic N) is 2. The molecule has 0 N–H and O–H groups in total. The fourth-order valence-electron chi connectivity index (χ4n) is 2.11. The molecule has 0 heterocycles. The van der Waals surface area contributed by atoms with Gasteiger partial charge in [0.25, 0.3) is 0 Å². The van der Waals surface area contributed by atoms with Gasteiger partial charge in [-0.3, -0.25) is 9.98 Å². The van der Waals surface area contributed by atoms with Gasteiger partial charge in [-0.1, -0.05) is 81.4 Å². The highest BCUT2D eigenvalue weighted by Crippen LogP contribution is 2.19. The van der Waals surface area contributed by atoms with Gasteiger partial charge >= 0.3 is 0 Å². The van der Waals surface area contributed by atoms with Crippen molar-refractivity contribution in [2.24, 2.45) is 15.4 Å². The van der Waals surface area contributed by atoms with Gasteiger partial charge < -0.3 is 0 Å². The summed E-state index contributed by atoms with van der Waals surface area (Å²) < 4.78 is 0. The maximum atomic E-state index is 4.83. The standard InChI is InChI=1S/C21H24N2/c1-21(2,3)16-23-20(18-13-9-6-10-14-18)15-19(22-4)17-11-7-5-8-12-17/h5-15H,4,16H2,1-3H3/b19-15-,23-20?. The molecular formula is C21H24N2. The molecule has 2 heteroatoms. The van der Waals surface area contributed by atoms with Crippen LogP contribution in [-0.4, -0.2) is 19.0 Å². The van der Waals surface area contributed by atoms with Crippen LogP contribution < -0.4 is 0 Å². The first-order valence-electron chi connectivity index (χ1n) is 7.83. The third kappa shape index (κ3) is 5.33. The second-order valence-corrected chi connectivity index (χ2v) is 6.68. The average molecular weight is 304 g/mol. The zero-order valence-corrected chi connectivity index (χ0v) is 14.2. The summed E-state index contributed by atoms with van der Waals surface area (Å²) >= 11 is 0. The SMILES string of the molecule is C=N/C(=C\C(=NCC(C)(C)C)c1ccccc1)c1ccccc1. The van der Waals surface area contributed by atoms with E-state index in [2.05, 4.69) is 44.6 Å². The van der Waals surface area contributed by atoms with Crippen LogP contribution in [0.1, 0.15) is 31.9 Å². The van der Waals surface area contributed by atoms with Gasteiger partial charge in [0.1, 0.15) is 0 Å². The van der Waals surface area contributed by atoms with Crippen LogP contribution in [0.15, 0.2) is 76.7 Å². The first-order valence-corrected chi connectivity index (χ1v) is 7.83. The number of aliphatic imine (C=N–C) groups is 2. The molecule has 0 aliphatic heterocycles. The largest absolute Gasteiger partial charge is 0.284 e. The lowest BCUT2D eigenvalue weighted by molar-refractivity contribution is 0.430. The van der Waals surface area contributed by atoms with Crippen molar-refractivity contribution >= 4 is 18.1 Å². The van der Waals surface area contributed by atoms with Gasteiger partial charge in [-0.05, 0) is 23.8 Å². The second kappa shape index (κ2) is 7.68. The van der Waals surface area contributed by atoms with Crippen molar-refractivity contribution in [2.45, 2.75) is 20.8 Å². The van der Waals surface area contributed by atoms with Crippen LogP contribution in [0.5, 0.6) is 0 Å². The lowest BCUT2D eigenvalue weighted by Crippen LogP contribution is -2.12. The average Bonchev–Trinajstić information content (AvgIpc) is 2.56. The molecule has 2 aromatic carbocycles. The van der Waals surface area contributed by atoms with Crippen molar-refractivity contribution in [3.8, 4) is 0 Å². The number of allylic oxidation sites excluding steroid dienone is 1. The summed E-state index contributed by atoms with van der Waals surface area (Å²) in [6.45, 7) is 11.0. The Hall–Kier alpha value is -2.48. The van der Waals surface area contributed by atoms with E-state index in [9.17, 15) is 0 Å². The summed E-state index contributed by atoms with van der Waals surface area (Å²) in [5, 5.41) is 0. The summed E-state index contributed by atoms with van der Waals surface area (Å²) in [6.07, 6.45) is 2.02. The summed E-state index contributed by atoms with van der Waals surface area (Å²) in [4.78, 5) is 9.03. The molecule has 0 radical (unpaired) electrons. The van der Waals surface area contributed by atoms with Crippen LogP contribution in [0.2, 0.25) is 0 Å². The molecule has 0 fully saturated rings. The van der Waals surface area contributed by atoms with Gasteiger partial charge in [0, 0.05) is 12.1 Å². The monoisotopic (exact) mass is 304 g/mol. The lowest BCUT2D eigenvalue weighted by atomic mass is 9.97. The van der Waals surface area contributed by atoms with Gasteiger partial charge in [-0.25, -0.2) is 0 Å². The Morgan fingerprint density at radius 1 is 0.913 bits per heavy atom. The smallest absolute Gasteiger partial charge is 0.0716 e. The molecule has 0 saturated heterocycles. The van der Waals surface area contributed by atoms with Gasteiger partial charge in [0.05, 0.1) is 11.4 Å². The zero-order chi connectivity index (χ0) is 16.7. The predicted molar refractivity (Wildman–Crippen MR) is 101 cm³/mol. The normalized spacial score (nSPS) is 13.0. The third-order valence-corrected chi connectivity index (χ3v) is 3.31. The molecule has 2 rings (SSSR count). The summed E-state index contributed by atoms with van der Waals surface area (Å²) in [6, 6.07) is 20.3. The van der Waals surface area contributed by atoms with Crippen molar-refractivity contribution in [2.75, 3.05) is 6.54 Å². The third-order valence-electron chi connectivity index (χ3n) is 3.31. The van der Waals surface area contributed by atoms with Crippen LogP contribution in [0.4, 0.5) is 0 Å². The fraction of sp³-hybridized carbons (Fsp3) is 0.238. The molecule has 2 nitrogen and oxygen atoms in total. The molecule has 2 aromatic rings. The molecule has 0 spiro atoms. The van der Waals surface area contributed by atoms with Crippen molar-refractivity contribution in [1.29, 1.82) is 0 Å². The van der Waals surface area contributed by atoms with E-state index in [0.29, 0.717) is 0 Å². The molecule has 0 aromatic heterocycles. The second-order valence-electron chi connectivity index (χ2n) is 6.68. The molecule has 0 amide bonds. The minimum atomic E-state index is 0.141. The van der Waals surface area contributed by atoms with Gasteiger partial charge in [0.2, 0.25) is 0 Å². The molecule has 0 atom stereocenters. The molecule has 23 heavy (non-hydrogen) atoms. The lowest BCUT2D eigenvalue weighted by Gasteiger charge is -2.15. The number of hydrogen-bond acceptors (Lipinski definition) is 2. The van der Waals surface area contributed by atoms with Crippen molar-refractivity contribution in [3.63, 3.8) is 0 Å². The van der Waals surface area contributed by atoms with Crippen LogP contribution in [0, 0.1) is 5.41 Å². The Morgan fingerprint density at radius 3 is 1.91 bits per heavy atom. The first-order chi connectivity index (χ1) is 11.0. The number of hydrogen-bond donors (Lipinski definition) is 0. The number of rotatable bonds is 5. The summed E-state index contributed by atoms with van der Waals surface area (Å²) in [7, 11) is 0. The Morgan fingerprint density at radius 2 is 1.43 bits per heavy atom. The van der Waals surface area contributed by atoms with E-state index in [1.54, 1.807) is 0 Å². The molecule has 118 valence electrons. The Kier molecular flexibility index (Phi) is 5.64. The van der Waals surface area contributed by atoms with E-state index in [1.807, 2.05) is 54.6 Å². The minimum absolute atomic E-state index is 0.141. The van der Waals surface area contributed by atoms with E-state index in [4.69, 9.17) is 4.99 Å². The molecule has 0 saturated carbocycles. The van der Waals surface area contributed by atoms with E-state index < -0.39 is 0 Å². The Balaban J connectivity index is 2.45. The Bertz CT molecular complexity index is 690. The highest BCUT2D eigenvalue weighted by Gasteiger charge is 2.10. The van der Waals surface area contributed by atoms with Crippen LogP contribution in [-0.2, 0) is 0 Å². The van der Waals surface area contributed by atoms with Crippen molar-refractivity contribution < 1.29 is 0 Å². The summed E-state index contributed by atoms with van der Waals surface area (Å²) in [5.74, 6) is 0. The topological polar surface area (TPSA) is 24.7 Å². The van der Waals surface area contributed by atoms with E-state index >= 15 is 0 Å². The number of benzene rings is 2. The predicted octanol–water partition coefficient (Wildman–Crippen LogP) is 5.26. The first kappa shape index (κ1) is 16.9. The van der Waals surface area contributed by atoms with Crippen molar-refractivity contribution in [1.82, 2.24) is 0 Å². The quantitative estimate of drug-likeness (QED) is 0.673. The van der Waals surface area contributed by atoms with E-state index in [1.165, 1.54) is 0 Å². The minimum Gasteiger partial charge on any atom is -0.284 e. The highest BCUT2D eigenvalue weighted by molar-refractivity contribution is 6.12. The highest BCUT2D eigenvalue weighted by atomic mass is 14.8. The summed E-state index contributed by atoms with van der Waals surface area (Å²) in [5.41, 5.74) is 4.05. The van der Waals surface area contributed by atoms with Crippen molar-refractivity contribution in [3.05, 3.63) is 77.9 Å². The van der Waals surface area contributed by atoms with E-state index in [-0.39, 0.29) is 5.41 Å². The van der Waals surface area contributed by atoms with Gasteiger partial charge in [-0.2, -0.15) is 0 Å². The fourth-order valence-corrected chi connectivity index (χ4v) is 2.11. The molecule has 0 aliphatic rings. The zero-order valence-electron chi connectivity index (χ0n) is 14.2. The molecule has 0 bridgehead atoms. The molecule has 0 unspecified atom stereocenters. The van der Waals surface area contributed by atoms with Gasteiger partial charge in [0.15, 0.2) is 0 Å². The maximum absolute atomic E-state index is 4.83. The maximum Gasteiger partial charge on any atom is 0.0716 e. The van der Waals surface area contributed by atoms with Crippen LogP contribution in [0.3, 0.4) is 0 Å².